The summed E-state index contributed by atoms with van der Waals surface area (Å²) < 4.78 is 1.83. The summed E-state index contributed by atoms with van der Waals surface area (Å²) in [7, 11) is 0. The average Bonchev–Trinajstić information content (AvgIpc) is 3.26. The van der Waals surface area contributed by atoms with Crippen molar-refractivity contribution < 1.29 is 4.79 Å². The highest BCUT2D eigenvalue weighted by molar-refractivity contribution is 7.07. The number of urea groups is 1. The first-order valence-corrected chi connectivity index (χ1v) is 9.36. The molecule has 2 aromatic heterocycles. The van der Waals surface area contributed by atoms with E-state index in [1.165, 1.54) is 5.56 Å². The molecule has 0 radical (unpaired) electrons. The van der Waals surface area contributed by atoms with Gasteiger partial charge in [-0.05, 0) is 43.2 Å². The lowest BCUT2D eigenvalue weighted by Gasteiger charge is -2.37. The maximum absolute atomic E-state index is 12.5. The Balaban J connectivity index is 1.54. The number of anilines is 1. The Bertz CT molecular complexity index is 658. The quantitative estimate of drug-likeness (QED) is 0.922. The van der Waals surface area contributed by atoms with E-state index in [1.807, 2.05) is 29.5 Å². The normalized spacial score (nSPS) is 17.2. The number of hydrogen-bond acceptors (Lipinski definition) is 4. The maximum Gasteiger partial charge on any atom is 0.323 e. The summed E-state index contributed by atoms with van der Waals surface area (Å²) in [6.07, 6.45) is 1.72. The summed E-state index contributed by atoms with van der Waals surface area (Å²) in [5, 5.41) is 11.6. The van der Waals surface area contributed by atoms with E-state index in [4.69, 9.17) is 0 Å². The first-order chi connectivity index (χ1) is 11.6. The second kappa shape index (κ2) is 7.36. The molecule has 0 bridgehead atoms. The molecule has 130 valence electrons. The molecular weight excluding hydrogens is 322 g/mol. The predicted octanol–water partition coefficient (Wildman–Crippen LogP) is 3.44. The molecule has 0 aromatic carbocycles. The van der Waals surface area contributed by atoms with Gasteiger partial charge in [-0.15, -0.1) is 0 Å². The second-order valence-corrected chi connectivity index (χ2v) is 7.22. The minimum atomic E-state index is -0.0414. The smallest absolute Gasteiger partial charge is 0.322 e. The molecule has 1 saturated heterocycles. The SMILES string of the molecule is CC(C)n1nccc1NC(=O)N1CCN([C@H](C)c2ccsc2)CC1. The summed E-state index contributed by atoms with van der Waals surface area (Å²) >= 11 is 1.73. The molecule has 0 saturated carbocycles. The van der Waals surface area contributed by atoms with Crippen LogP contribution in [-0.4, -0.2) is 51.8 Å². The van der Waals surface area contributed by atoms with Gasteiger partial charge in [0, 0.05) is 44.3 Å². The van der Waals surface area contributed by atoms with E-state index >= 15 is 0 Å². The van der Waals surface area contributed by atoms with Gasteiger partial charge in [0.1, 0.15) is 5.82 Å². The van der Waals surface area contributed by atoms with Crippen LogP contribution in [0.5, 0.6) is 0 Å². The summed E-state index contributed by atoms with van der Waals surface area (Å²) in [5.74, 6) is 0.754. The van der Waals surface area contributed by atoms with E-state index in [0.29, 0.717) is 6.04 Å². The highest BCUT2D eigenvalue weighted by atomic mass is 32.1. The molecule has 0 aliphatic carbocycles. The number of nitrogens with zero attached hydrogens (tertiary/aromatic N) is 4. The predicted molar refractivity (Wildman–Crippen MR) is 97.5 cm³/mol. The Morgan fingerprint density at radius 3 is 2.58 bits per heavy atom. The summed E-state index contributed by atoms with van der Waals surface area (Å²) in [5.41, 5.74) is 1.36. The van der Waals surface area contributed by atoms with Crippen LogP contribution in [0.2, 0.25) is 0 Å². The number of amides is 2. The molecule has 6 nitrogen and oxygen atoms in total. The second-order valence-electron chi connectivity index (χ2n) is 6.44. The van der Waals surface area contributed by atoms with Crippen LogP contribution in [0.15, 0.2) is 29.1 Å². The van der Waals surface area contributed by atoms with E-state index in [0.717, 1.165) is 32.0 Å². The number of thiophene rings is 1. The molecule has 0 spiro atoms. The van der Waals surface area contributed by atoms with Gasteiger partial charge in [0.15, 0.2) is 0 Å². The van der Waals surface area contributed by atoms with Crippen LogP contribution in [0, 0.1) is 0 Å². The summed E-state index contributed by atoms with van der Waals surface area (Å²) in [6, 6.07) is 4.61. The number of carbonyl (C=O) groups is 1. The fraction of sp³-hybridized carbons (Fsp3) is 0.529. The van der Waals surface area contributed by atoms with Gasteiger partial charge >= 0.3 is 6.03 Å². The zero-order valence-corrected chi connectivity index (χ0v) is 15.3. The van der Waals surface area contributed by atoms with E-state index in [2.05, 4.69) is 39.1 Å². The fourth-order valence-corrected chi connectivity index (χ4v) is 3.80. The molecule has 1 N–H and O–H groups in total. The number of hydrogen-bond donors (Lipinski definition) is 1. The van der Waals surface area contributed by atoms with Gasteiger partial charge in [-0.25, -0.2) is 9.48 Å². The first-order valence-electron chi connectivity index (χ1n) is 8.42. The largest absolute Gasteiger partial charge is 0.323 e. The molecular formula is C17H25N5OS. The Kier molecular flexibility index (Phi) is 5.20. The molecule has 0 unspecified atom stereocenters. The molecule has 1 fully saturated rings. The third-order valence-corrected chi connectivity index (χ3v) is 5.27. The van der Waals surface area contributed by atoms with E-state index in [-0.39, 0.29) is 12.1 Å². The molecule has 3 heterocycles. The highest BCUT2D eigenvalue weighted by Crippen LogP contribution is 2.23. The molecule has 24 heavy (non-hydrogen) atoms. The Labute approximate surface area is 147 Å². The van der Waals surface area contributed by atoms with Gasteiger partial charge in [0.2, 0.25) is 0 Å². The standard InChI is InChI=1S/C17H25N5OS/c1-13(2)22-16(4-6-18-22)19-17(23)21-9-7-20(8-10-21)14(3)15-5-11-24-12-15/h4-6,11-14H,7-10H2,1-3H3,(H,19,23)/t14-/m1/s1. The van der Waals surface area contributed by atoms with Gasteiger partial charge in [-0.2, -0.15) is 16.4 Å². The van der Waals surface area contributed by atoms with E-state index in [9.17, 15) is 4.79 Å². The number of piperazine rings is 1. The maximum atomic E-state index is 12.5. The lowest BCUT2D eigenvalue weighted by atomic mass is 10.1. The monoisotopic (exact) mass is 347 g/mol. The zero-order valence-electron chi connectivity index (χ0n) is 14.5. The molecule has 1 atom stereocenters. The van der Waals surface area contributed by atoms with Crippen molar-refractivity contribution in [2.75, 3.05) is 31.5 Å². The summed E-state index contributed by atoms with van der Waals surface area (Å²) in [6.45, 7) is 9.62. The minimum Gasteiger partial charge on any atom is -0.322 e. The van der Waals surface area contributed by atoms with Crippen LogP contribution in [0.4, 0.5) is 10.6 Å². The molecule has 1 aliphatic rings. The number of aromatic nitrogens is 2. The van der Waals surface area contributed by atoms with E-state index < -0.39 is 0 Å². The van der Waals surface area contributed by atoms with Gasteiger partial charge in [0.05, 0.1) is 6.20 Å². The number of rotatable bonds is 4. The lowest BCUT2D eigenvalue weighted by Crippen LogP contribution is -2.50. The Morgan fingerprint density at radius 2 is 1.96 bits per heavy atom. The molecule has 7 heteroatoms. The fourth-order valence-electron chi connectivity index (χ4n) is 3.05. The van der Waals surface area contributed by atoms with Crippen LogP contribution < -0.4 is 5.32 Å². The van der Waals surface area contributed by atoms with Gasteiger partial charge in [-0.1, -0.05) is 0 Å². The minimum absolute atomic E-state index is 0.0414. The van der Waals surface area contributed by atoms with Crippen molar-refractivity contribution in [1.29, 1.82) is 0 Å². The van der Waals surface area contributed by atoms with Crippen LogP contribution in [0.1, 0.15) is 38.4 Å². The zero-order chi connectivity index (χ0) is 17.1. The third kappa shape index (κ3) is 3.62. The number of carbonyl (C=O) groups excluding carboxylic acids is 1. The molecule has 2 amide bonds. The Hall–Kier alpha value is -1.86. The first kappa shape index (κ1) is 17.0. The van der Waals surface area contributed by atoms with Crippen molar-refractivity contribution in [3.05, 3.63) is 34.7 Å². The van der Waals surface area contributed by atoms with Gasteiger partial charge in [-0.3, -0.25) is 10.2 Å². The molecule has 1 aliphatic heterocycles. The van der Waals surface area contributed by atoms with Crippen LogP contribution in [0.25, 0.3) is 0 Å². The molecule has 2 aromatic rings. The Morgan fingerprint density at radius 1 is 1.21 bits per heavy atom. The summed E-state index contributed by atoms with van der Waals surface area (Å²) in [4.78, 5) is 16.8. The lowest BCUT2D eigenvalue weighted by molar-refractivity contribution is 0.119. The van der Waals surface area contributed by atoms with Gasteiger partial charge in [0.25, 0.3) is 0 Å². The van der Waals surface area contributed by atoms with Crippen molar-refractivity contribution in [3.63, 3.8) is 0 Å². The van der Waals surface area contributed by atoms with Crippen LogP contribution >= 0.6 is 11.3 Å². The van der Waals surface area contributed by atoms with Crippen LogP contribution in [0.3, 0.4) is 0 Å². The van der Waals surface area contributed by atoms with Crippen molar-refractivity contribution in [2.24, 2.45) is 0 Å². The number of nitrogens with one attached hydrogen (secondary N) is 1. The van der Waals surface area contributed by atoms with Crippen molar-refractivity contribution >= 4 is 23.2 Å². The van der Waals surface area contributed by atoms with Crippen LogP contribution in [-0.2, 0) is 0 Å². The van der Waals surface area contributed by atoms with E-state index in [1.54, 1.807) is 17.5 Å². The third-order valence-electron chi connectivity index (χ3n) is 4.57. The van der Waals surface area contributed by atoms with Crippen molar-refractivity contribution in [1.82, 2.24) is 19.6 Å². The highest BCUT2D eigenvalue weighted by Gasteiger charge is 2.25. The van der Waals surface area contributed by atoms with Crippen molar-refractivity contribution in [2.45, 2.75) is 32.9 Å². The molecule has 3 rings (SSSR count). The average molecular weight is 347 g/mol. The van der Waals surface area contributed by atoms with Crippen molar-refractivity contribution in [3.8, 4) is 0 Å². The topological polar surface area (TPSA) is 53.4 Å². The van der Waals surface area contributed by atoms with Gasteiger partial charge < -0.3 is 4.90 Å².